The first-order valence-corrected chi connectivity index (χ1v) is 9.36. The highest BCUT2D eigenvalue weighted by atomic mass is 16.6. The van der Waals surface area contributed by atoms with Gasteiger partial charge in [-0.2, -0.15) is 0 Å². The number of benzene rings is 1. The zero-order valence-corrected chi connectivity index (χ0v) is 15.4. The Hall–Kier alpha value is -3.75. The van der Waals surface area contributed by atoms with Gasteiger partial charge >= 0.3 is 6.03 Å². The summed E-state index contributed by atoms with van der Waals surface area (Å²) >= 11 is 0. The van der Waals surface area contributed by atoms with Crippen LogP contribution in [0.25, 0.3) is 10.8 Å². The molecule has 0 bridgehead atoms. The van der Waals surface area contributed by atoms with E-state index in [1.54, 1.807) is 18.5 Å². The van der Waals surface area contributed by atoms with Crippen molar-refractivity contribution in [3.05, 3.63) is 65.1 Å². The Morgan fingerprint density at radius 3 is 2.69 bits per heavy atom. The Kier molecular flexibility index (Phi) is 4.01. The second-order valence-electron chi connectivity index (χ2n) is 7.39. The predicted molar refractivity (Wildman–Crippen MR) is 108 cm³/mol. The van der Waals surface area contributed by atoms with Crippen molar-refractivity contribution in [1.82, 2.24) is 15.3 Å². The normalized spacial score (nSPS) is 22.2. The van der Waals surface area contributed by atoms with Crippen molar-refractivity contribution in [3.63, 3.8) is 0 Å². The third-order valence-corrected chi connectivity index (χ3v) is 5.69. The summed E-state index contributed by atoms with van der Waals surface area (Å²) in [4.78, 5) is 33.1. The van der Waals surface area contributed by atoms with Crippen molar-refractivity contribution in [2.45, 2.75) is 6.04 Å². The van der Waals surface area contributed by atoms with Gasteiger partial charge in [0.05, 0.1) is 10.6 Å². The van der Waals surface area contributed by atoms with Crippen LogP contribution in [-0.2, 0) is 0 Å². The van der Waals surface area contributed by atoms with Crippen LogP contribution in [0.5, 0.6) is 0 Å². The second kappa shape index (κ2) is 6.69. The summed E-state index contributed by atoms with van der Waals surface area (Å²) in [6, 6.07) is 10.7. The van der Waals surface area contributed by atoms with Crippen molar-refractivity contribution >= 4 is 34.0 Å². The number of anilines is 2. The molecule has 1 saturated heterocycles. The number of hydrogen-bond donors (Lipinski definition) is 2. The summed E-state index contributed by atoms with van der Waals surface area (Å²) in [5.41, 5.74) is 0.739. The van der Waals surface area contributed by atoms with Gasteiger partial charge in [0.15, 0.2) is 0 Å². The van der Waals surface area contributed by atoms with Gasteiger partial charge in [0.25, 0.3) is 5.69 Å². The lowest BCUT2D eigenvalue weighted by molar-refractivity contribution is -0.385. The lowest BCUT2D eigenvalue weighted by atomic mass is 10.1. The first-order chi connectivity index (χ1) is 14.1. The number of carbonyl (C=O) groups excluding carboxylic acids is 1. The number of nitrogens with zero attached hydrogens (tertiary/aromatic N) is 4. The summed E-state index contributed by atoms with van der Waals surface area (Å²) in [5.74, 6) is 1.47. The topological polar surface area (TPSA) is 113 Å². The first-order valence-electron chi connectivity index (χ1n) is 9.36. The fraction of sp³-hybridized carbons (Fsp3) is 0.250. The van der Waals surface area contributed by atoms with Crippen LogP contribution in [0.4, 0.5) is 22.0 Å². The molecule has 2 amide bonds. The molecule has 1 aliphatic heterocycles. The molecule has 1 saturated carbocycles. The zero-order valence-electron chi connectivity index (χ0n) is 15.4. The second-order valence-corrected chi connectivity index (χ2v) is 7.39. The van der Waals surface area contributed by atoms with Gasteiger partial charge < -0.3 is 15.5 Å². The summed E-state index contributed by atoms with van der Waals surface area (Å²) in [6.07, 6.45) is 4.75. The molecular weight excluding hydrogens is 372 g/mol. The number of hydrogen-bond acceptors (Lipinski definition) is 6. The van der Waals surface area contributed by atoms with Crippen molar-refractivity contribution < 1.29 is 9.72 Å². The molecule has 2 aliphatic rings. The zero-order chi connectivity index (χ0) is 20.0. The van der Waals surface area contributed by atoms with Crippen LogP contribution in [0, 0.1) is 22.0 Å². The molecule has 146 valence electrons. The highest BCUT2D eigenvalue weighted by Crippen LogP contribution is 2.46. The van der Waals surface area contributed by atoms with Gasteiger partial charge in [0.1, 0.15) is 12.0 Å². The Balaban J connectivity index is 1.18. The van der Waals surface area contributed by atoms with E-state index in [9.17, 15) is 14.9 Å². The average molecular weight is 390 g/mol. The average Bonchev–Trinajstić information content (AvgIpc) is 3.16. The van der Waals surface area contributed by atoms with Crippen LogP contribution in [0.2, 0.25) is 0 Å². The van der Waals surface area contributed by atoms with E-state index in [4.69, 9.17) is 0 Å². The van der Waals surface area contributed by atoms with Gasteiger partial charge in [0, 0.05) is 60.2 Å². The Bertz CT molecular complexity index is 1090. The van der Waals surface area contributed by atoms with E-state index in [2.05, 4.69) is 25.5 Å². The molecule has 1 aliphatic carbocycles. The molecule has 2 N–H and O–H groups in total. The van der Waals surface area contributed by atoms with Crippen molar-refractivity contribution in [1.29, 1.82) is 0 Å². The van der Waals surface area contributed by atoms with Crippen molar-refractivity contribution in [2.75, 3.05) is 23.3 Å². The lowest BCUT2D eigenvalue weighted by Gasteiger charge is -2.21. The van der Waals surface area contributed by atoms with Crippen molar-refractivity contribution in [2.24, 2.45) is 11.8 Å². The van der Waals surface area contributed by atoms with Gasteiger partial charge in [0.2, 0.25) is 0 Å². The molecule has 9 nitrogen and oxygen atoms in total. The van der Waals surface area contributed by atoms with Gasteiger partial charge in [-0.15, -0.1) is 0 Å². The molecule has 2 fully saturated rings. The molecule has 3 aromatic rings. The number of carbonyl (C=O) groups is 1. The fourth-order valence-corrected chi connectivity index (χ4v) is 4.14. The van der Waals surface area contributed by atoms with Gasteiger partial charge in [-0.25, -0.2) is 9.78 Å². The minimum atomic E-state index is -0.455. The van der Waals surface area contributed by atoms with Crippen molar-refractivity contribution in [3.8, 4) is 0 Å². The van der Waals surface area contributed by atoms with Crippen LogP contribution in [0.3, 0.4) is 0 Å². The molecule has 29 heavy (non-hydrogen) atoms. The number of rotatable bonds is 4. The SMILES string of the molecule is O=C(Nc1cccc2cnccc12)NC1C2CN(c3ccc([N+](=O)[O-])cn3)CC21. The van der Waals surface area contributed by atoms with Crippen LogP contribution < -0.4 is 15.5 Å². The summed E-state index contributed by atoms with van der Waals surface area (Å²) in [7, 11) is 0. The summed E-state index contributed by atoms with van der Waals surface area (Å²) in [5, 5.41) is 18.7. The summed E-state index contributed by atoms with van der Waals surface area (Å²) in [6.45, 7) is 1.56. The first kappa shape index (κ1) is 17.4. The van der Waals surface area contributed by atoms with E-state index in [-0.39, 0.29) is 17.8 Å². The van der Waals surface area contributed by atoms with E-state index in [0.29, 0.717) is 11.8 Å². The molecule has 1 aromatic carbocycles. The maximum absolute atomic E-state index is 12.5. The van der Waals surface area contributed by atoms with E-state index >= 15 is 0 Å². The van der Waals surface area contributed by atoms with Gasteiger partial charge in [-0.1, -0.05) is 12.1 Å². The molecule has 0 radical (unpaired) electrons. The third kappa shape index (κ3) is 3.20. The number of amides is 2. The number of pyridine rings is 2. The maximum atomic E-state index is 12.5. The molecule has 3 heterocycles. The highest BCUT2D eigenvalue weighted by Gasteiger charge is 2.56. The Morgan fingerprint density at radius 2 is 1.97 bits per heavy atom. The molecule has 0 spiro atoms. The maximum Gasteiger partial charge on any atom is 0.319 e. The van der Waals surface area contributed by atoms with E-state index < -0.39 is 4.92 Å². The number of nitrogens with one attached hydrogen (secondary N) is 2. The monoisotopic (exact) mass is 390 g/mol. The lowest BCUT2D eigenvalue weighted by Crippen LogP contribution is -2.37. The molecule has 2 unspecified atom stereocenters. The Morgan fingerprint density at radius 1 is 1.14 bits per heavy atom. The number of fused-ring (bicyclic) bond motifs is 2. The molecule has 9 heteroatoms. The fourth-order valence-electron chi connectivity index (χ4n) is 4.14. The van der Waals surface area contributed by atoms with E-state index in [1.165, 1.54) is 12.3 Å². The van der Waals surface area contributed by atoms with E-state index in [1.807, 2.05) is 24.3 Å². The van der Waals surface area contributed by atoms with Gasteiger partial charge in [-0.05, 0) is 18.2 Å². The third-order valence-electron chi connectivity index (χ3n) is 5.69. The minimum Gasteiger partial charge on any atom is -0.356 e. The van der Waals surface area contributed by atoms with Crippen LogP contribution in [-0.4, -0.2) is 40.1 Å². The minimum absolute atomic E-state index is 0.0152. The quantitative estimate of drug-likeness (QED) is 0.523. The molecule has 2 aromatic heterocycles. The highest BCUT2D eigenvalue weighted by molar-refractivity contribution is 6.01. The summed E-state index contributed by atoms with van der Waals surface area (Å²) < 4.78 is 0. The largest absolute Gasteiger partial charge is 0.356 e. The standard InChI is InChI=1S/C20H18N6O3/c27-20(23-17-3-1-2-12-8-21-7-6-14(12)17)24-19-15-10-25(11-16(15)19)18-5-4-13(9-22-18)26(28)29/h1-9,15-16,19H,10-11H2,(H2,23,24,27). The number of nitro groups is 1. The van der Waals surface area contributed by atoms with Crippen LogP contribution in [0.15, 0.2) is 55.0 Å². The Labute approximate surface area is 165 Å². The van der Waals surface area contributed by atoms with Crippen LogP contribution in [0.1, 0.15) is 0 Å². The smallest absolute Gasteiger partial charge is 0.319 e. The molecule has 2 atom stereocenters. The number of urea groups is 1. The molecule has 5 rings (SSSR count). The van der Waals surface area contributed by atoms with E-state index in [0.717, 1.165) is 35.4 Å². The molecular formula is C20H18N6O3. The van der Waals surface area contributed by atoms with Gasteiger partial charge in [-0.3, -0.25) is 15.1 Å². The number of aromatic nitrogens is 2. The van der Waals surface area contributed by atoms with Crippen LogP contribution >= 0.6 is 0 Å². The predicted octanol–water partition coefficient (Wildman–Crippen LogP) is 2.79. The number of piperidine rings is 1.